The van der Waals surface area contributed by atoms with Gasteiger partial charge >= 0.3 is 6.09 Å². The highest BCUT2D eigenvalue weighted by molar-refractivity contribution is 5.92. The van der Waals surface area contributed by atoms with Crippen LogP contribution in [0, 0.1) is 0 Å². The summed E-state index contributed by atoms with van der Waals surface area (Å²) >= 11 is 0. The molecule has 9 heteroatoms. The van der Waals surface area contributed by atoms with Gasteiger partial charge in [0, 0.05) is 6.54 Å². The Balaban J connectivity index is 1.45. The van der Waals surface area contributed by atoms with E-state index in [4.69, 9.17) is 9.47 Å². The van der Waals surface area contributed by atoms with Crippen LogP contribution in [0.3, 0.4) is 0 Å². The number of carbonyl (C=O) groups is 3. The Labute approximate surface area is 263 Å². The fourth-order valence-electron chi connectivity index (χ4n) is 4.92. The van der Waals surface area contributed by atoms with E-state index in [0.717, 1.165) is 16.7 Å². The minimum absolute atomic E-state index is 0.141. The first-order chi connectivity index (χ1) is 22.0. The molecule has 0 radical (unpaired) electrons. The van der Waals surface area contributed by atoms with Gasteiger partial charge in [-0.25, -0.2) is 4.79 Å². The molecule has 0 spiro atoms. The standard InChI is InChI=1S/C36H39N3O6/c1-44-30-21-19-27(20-22-30)32(24-40)39-34(41)31(18-11-23-37-36(43)45-25-26-12-5-2-6-13-26)38-35(42)33(28-14-7-3-8-15-28)29-16-9-4-10-17-29/h2-10,12-17,19-22,31-33,40H,11,18,23-25H2,1H3,(H,37,43)(H,38,42)(H,39,41)/t31-,32+/m1/s1. The number of aliphatic hydroxyl groups is 1. The summed E-state index contributed by atoms with van der Waals surface area (Å²) in [6, 6.07) is 33.5. The number of aliphatic hydroxyl groups excluding tert-OH is 1. The number of carbonyl (C=O) groups excluding carboxylic acids is 3. The van der Waals surface area contributed by atoms with Gasteiger partial charge in [-0.1, -0.05) is 103 Å². The fraction of sp³-hybridized carbons (Fsp3) is 0.250. The SMILES string of the molecule is COc1ccc([C@H](CO)NC(=O)[C@@H](CCCNC(=O)OCc2ccccc2)NC(=O)C(c2ccccc2)c2ccccc2)cc1. The summed E-state index contributed by atoms with van der Waals surface area (Å²) in [4.78, 5) is 39.8. The van der Waals surface area contributed by atoms with Crippen LogP contribution in [-0.4, -0.2) is 49.3 Å². The van der Waals surface area contributed by atoms with E-state index in [1.54, 1.807) is 31.4 Å². The molecule has 0 unspecified atom stereocenters. The lowest BCUT2D eigenvalue weighted by Crippen LogP contribution is -2.49. The average molecular weight is 610 g/mol. The zero-order valence-electron chi connectivity index (χ0n) is 25.2. The molecule has 234 valence electrons. The third-order valence-electron chi connectivity index (χ3n) is 7.33. The van der Waals surface area contributed by atoms with Crippen molar-refractivity contribution in [1.29, 1.82) is 0 Å². The minimum Gasteiger partial charge on any atom is -0.497 e. The lowest BCUT2D eigenvalue weighted by molar-refractivity contribution is -0.130. The highest BCUT2D eigenvalue weighted by Crippen LogP contribution is 2.25. The summed E-state index contributed by atoms with van der Waals surface area (Å²) in [5, 5.41) is 18.7. The van der Waals surface area contributed by atoms with Gasteiger partial charge in [-0.2, -0.15) is 0 Å². The second-order valence-electron chi connectivity index (χ2n) is 10.5. The largest absolute Gasteiger partial charge is 0.497 e. The topological polar surface area (TPSA) is 126 Å². The van der Waals surface area contributed by atoms with Crippen LogP contribution >= 0.6 is 0 Å². The molecule has 0 heterocycles. The van der Waals surface area contributed by atoms with Gasteiger partial charge in [-0.3, -0.25) is 9.59 Å². The molecule has 0 aliphatic rings. The molecule has 45 heavy (non-hydrogen) atoms. The maximum absolute atomic E-state index is 13.9. The van der Waals surface area contributed by atoms with Crippen LogP contribution in [-0.2, 0) is 20.9 Å². The fourth-order valence-corrected chi connectivity index (χ4v) is 4.92. The lowest BCUT2D eigenvalue weighted by Gasteiger charge is -2.25. The monoisotopic (exact) mass is 609 g/mol. The summed E-state index contributed by atoms with van der Waals surface area (Å²) in [6.07, 6.45) is 0.0389. The molecule has 4 rings (SSSR count). The van der Waals surface area contributed by atoms with E-state index in [1.165, 1.54) is 0 Å². The molecule has 3 amide bonds. The summed E-state index contributed by atoms with van der Waals surface area (Å²) in [5.74, 6) is -0.795. The number of hydrogen-bond acceptors (Lipinski definition) is 6. The Hall–Kier alpha value is -5.15. The highest BCUT2D eigenvalue weighted by atomic mass is 16.5. The summed E-state index contributed by atoms with van der Waals surface area (Å²) in [5.41, 5.74) is 3.13. The van der Waals surface area contributed by atoms with Gasteiger partial charge in [0.15, 0.2) is 0 Å². The molecule has 0 aromatic heterocycles. The number of alkyl carbamates (subject to hydrolysis) is 1. The number of ether oxygens (including phenoxy) is 2. The molecule has 9 nitrogen and oxygen atoms in total. The average Bonchev–Trinajstić information content (AvgIpc) is 3.09. The van der Waals surface area contributed by atoms with Crippen LogP contribution in [0.2, 0.25) is 0 Å². The van der Waals surface area contributed by atoms with E-state index >= 15 is 0 Å². The van der Waals surface area contributed by atoms with Gasteiger partial charge in [0.1, 0.15) is 18.4 Å². The van der Waals surface area contributed by atoms with E-state index in [9.17, 15) is 19.5 Å². The Morgan fingerprint density at radius 2 is 1.29 bits per heavy atom. The number of nitrogens with one attached hydrogen (secondary N) is 3. The predicted molar refractivity (Wildman–Crippen MR) is 171 cm³/mol. The van der Waals surface area contributed by atoms with Crippen molar-refractivity contribution in [2.45, 2.75) is 37.5 Å². The van der Waals surface area contributed by atoms with Crippen LogP contribution in [0.1, 0.15) is 47.1 Å². The molecule has 0 aliphatic carbocycles. The van der Waals surface area contributed by atoms with Crippen molar-refractivity contribution in [2.24, 2.45) is 0 Å². The Morgan fingerprint density at radius 1 is 0.711 bits per heavy atom. The van der Waals surface area contributed by atoms with E-state index in [0.29, 0.717) is 17.7 Å². The summed E-state index contributed by atoms with van der Waals surface area (Å²) in [7, 11) is 1.56. The number of hydrogen-bond donors (Lipinski definition) is 4. The molecule has 0 bridgehead atoms. The van der Waals surface area contributed by atoms with Crippen molar-refractivity contribution in [3.05, 3.63) is 138 Å². The van der Waals surface area contributed by atoms with Crippen LogP contribution in [0.15, 0.2) is 115 Å². The van der Waals surface area contributed by atoms with Crippen molar-refractivity contribution in [1.82, 2.24) is 16.0 Å². The highest BCUT2D eigenvalue weighted by Gasteiger charge is 2.29. The van der Waals surface area contributed by atoms with Crippen molar-refractivity contribution in [3.63, 3.8) is 0 Å². The van der Waals surface area contributed by atoms with Crippen LogP contribution in [0.4, 0.5) is 4.79 Å². The minimum atomic E-state index is -0.943. The number of amides is 3. The van der Waals surface area contributed by atoms with Gasteiger partial charge in [-0.05, 0) is 47.2 Å². The van der Waals surface area contributed by atoms with Gasteiger partial charge in [0.25, 0.3) is 0 Å². The zero-order valence-corrected chi connectivity index (χ0v) is 25.2. The van der Waals surface area contributed by atoms with Crippen molar-refractivity contribution < 1.29 is 29.0 Å². The van der Waals surface area contributed by atoms with Gasteiger partial charge in [0.2, 0.25) is 11.8 Å². The Kier molecular flexibility index (Phi) is 12.5. The third kappa shape index (κ3) is 9.94. The molecule has 0 saturated carbocycles. The Bertz CT molecular complexity index is 1440. The third-order valence-corrected chi connectivity index (χ3v) is 7.33. The molecule has 4 aromatic carbocycles. The van der Waals surface area contributed by atoms with Crippen molar-refractivity contribution in [3.8, 4) is 5.75 Å². The normalized spacial score (nSPS) is 12.1. The molecule has 4 aromatic rings. The first kappa shape index (κ1) is 32.8. The summed E-state index contributed by atoms with van der Waals surface area (Å²) < 4.78 is 10.5. The van der Waals surface area contributed by atoms with Crippen molar-refractivity contribution in [2.75, 3.05) is 20.3 Å². The van der Waals surface area contributed by atoms with Gasteiger partial charge < -0.3 is 30.5 Å². The second kappa shape index (κ2) is 17.2. The lowest BCUT2D eigenvalue weighted by atomic mass is 9.90. The van der Waals surface area contributed by atoms with E-state index < -0.39 is 30.0 Å². The van der Waals surface area contributed by atoms with Crippen LogP contribution in [0.5, 0.6) is 5.75 Å². The molecule has 0 aliphatic heterocycles. The van der Waals surface area contributed by atoms with Crippen LogP contribution in [0.25, 0.3) is 0 Å². The maximum Gasteiger partial charge on any atom is 0.407 e. The van der Waals surface area contributed by atoms with Gasteiger partial charge in [0.05, 0.1) is 25.7 Å². The maximum atomic E-state index is 13.9. The number of rotatable bonds is 15. The summed E-state index contributed by atoms with van der Waals surface area (Å²) in [6.45, 7) is 0.0300. The molecular formula is C36H39N3O6. The zero-order chi connectivity index (χ0) is 31.9. The van der Waals surface area contributed by atoms with E-state index in [-0.39, 0.29) is 32.1 Å². The van der Waals surface area contributed by atoms with E-state index in [2.05, 4.69) is 16.0 Å². The first-order valence-corrected chi connectivity index (χ1v) is 14.9. The molecule has 0 fully saturated rings. The number of benzene rings is 4. The second-order valence-corrected chi connectivity index (χ2v) is 10.5. The predicted octanol–water partition coefficient (Wildman–Crippen LogP) is 4.87. The quantitative estimate of drug-likeness (QED) is 0.143. The molecular weight excluding hydrogens is 570 g/mol. The first-order valence-electron chi connectivity index (χ1n) is 14.9. The number of methoxy groups -OCH3 is 1. The van der Waals surface area contributed by atoms with Crippen LogP contribution < -0.4 is 20.7 Å². The molecule has 2 atom stereocenters. The molecule has 4 N–H and O–H groups in total. The Morgan fingerprint density at radius 3 is 1.84 bits per heavy atom. The van der Waals surface area contributed by atoms with E-state index in [1.807, 2.05) is 91.0 Å². The molecule has 0 saturated heterocycles. The smallest absolute Gasteiger partial charge is 0.407 e. The van der Waals surface area contributed by atoms with Gasteiger partial charge in [-0.15, -0.1) is 0 Å². The van der Waals surface area contributed by atoms with Crippen molar-refractivity contribution >= 4 is 17.9 Å².